The maximum atomic E-state index is 4.98. The fourth-order valence-electron chi connectivity index (χ4n) is 0.674. The summed E-state index contributed by atoms with van der Waals surface area (Å²) in [6, 6.07) is 0. The van der Waals surface area contributed by atoms with Gasteiger partial charge in [0.1, 0.15) is 5.76 Å². The highest BCUT2D eigenvalue weighted by Gasteiger charge is 1.85. The predicted octanol–water partition coefficient (Wildman–Crippen LogP) is 2.49. The Kier molecular flexibility index (Phi) is 2.74. The highest BCUT2D eigenvalue weighted by Crippen LogP contribution is 2.00. The van der Waals surface area contributed by atoms with Crippen LogP contribution in [0.2, 0.25) is 0 Å². The van der Waals surface area contributed by atoms with Gasteiger partial charge < -0.3 is 4.42 Å². The molecule has 1 aromatic heterocycles. The number of nitrogens with zero attached hydrogens (tertiary/aromatic N) is 1. The number of unbranched alkanes of at least 4 members (excludes halogenated alkanes) is 1. The second kappa shape index (κ2) is 3.88. The van der Waals surface area contributed by atoms with E-state index in [0.717, 1.165) is 12.2 Å². The second-order valence-corrected chi connectivity index (χ2v) is 2.09. The van der Waals surface area contributed by atoms with Crippen LogP contribution < -0.4 is 0 Å². The summed E-state index contributed by atoms with van der Waals surface area (Å²) in [6.07, 6.45) is 9.43. The summed E-state index contributed by atoms with van der Waals surface area (Å²) < 4.78 is 4.98. The number of oxazole rings is 1. The van der Waals surface area contributed by atoms with Crippen LogP contribution in [0.1, 0.15) is 25.5 Å². The third kappa shape index (κ3) is 2.05. The van der Waals surface area contributed by atoms with Crippen molar-refractivity contribution in [3.63, 3.8) is 0 Å². The van der Waals surface area contributed by atoms with Crippen molar-refractivity contribution in [2.75, 3.05) is 0 Å². The minimum Gasteiger partial charge on any atom is -0.444 e. The van der Waals surface area contributed by atoms with Gasteiger partial charge in [-0.3, -0.25) is 0 Å². The topological polar surface area (TPSA) is 26.0 Å². The molecule has 1 rings (SSSR count). The van der Waals surface area contributed by atoms with Gasteiger partial charge in [-0.25, -0.2) is 4.98 Å². The summed E-state index contributed by atoms with van der Waals surface area (Å²) in [5.74, 6) is 0.827. The van der Waals surface area contributed by atoms with Crippen molar-refractivity contribution >= 4 is 6.08 Å². The summed E-state index contributed by atoms with van der Waals surface area (Å²) in [4.78, 5) is 3.78. The zero-order valence-corrected chi connectivity index (χ0v) is 6.08. The van der Waals surface area contributed by atoms with Crippen molar-refractivity contribution in [3.8, 4) is 0 Å². The number of hydrogen-bond donors (Lipinski definition) is 0. The fraction of sp³-hybridized carbons (Fsp3) is 0.375. The minimum absolute atomic E-state index is 0.827. The van der Waals surface area contributed by atoms with E-state index >= 15 is 0 Å². The number of aromatic nitrogens is 1. The van der Waals surface area contributed by atoms with Crippen LogP contribution in [0, 0.1) is 0 Å². The largest absolute Gasteiger partial charge is 0.444 e. The fourth-order valence-corrected chi connectivity index (χ4v) is 0.674. The first-order chi connectivity index (χ1) is 4.93. The van der Waals surface area contributed by atoms with Crippen LogP contribution in [0.25, 0.3) is 6.08 Å². The molecule has 0 atom stereocenters. The zero-order valence-electron chi connectivity index (χ0n) is 6.08. The molecule has 0 aliphatic rings. The van der Waals surface area contributed by atoms with Gasteiger partial charge in [-0.1, -0.05) is 19.4 Å². The molecule has 0 spiro atoms. The predicted molar refractivity (Wildman–Crippen MR) is 40.4 cm³/mol. The molecule has 1 heterocycles. The van der Waals surface area contributed by atoms with Gasteiger partial charge in [-0.15, -0.1) is 0 Å². The molecule has 0 unspecified atom stereocenters. The summed E-state index contributed by atoms with van der Waals surface area (Å²) in [7, 11) is 0. The Bertz CT molecular complexity index is 189. The first kappa shape index (κ1) is 7.06. The quantitative estimate of drug-likeness (QED) is 0.639. The van der Waals surface area contributed by atoms with E-state index in [2.05, 4.69) is 18.0 Å². The standard InChI is InChI=1S/C8H11NO/c1-2-3-4-5-8-6-9-7-10-8/h4-7H,2-3H2,1H3. The van der Waals surface area contributed by atoms with E-state index in [1.54, 1.807) is 6.20 Å². The Balaban J connectivity index is 2.40. The van der Waals surface area contributed by atoms with Crippen LogP contribution in [0.15, 0.2) is 23.1 Å². The third-order valence-electron chi connectivity index (χ3n) is 1.19. The minimum atomic E-state index is 0.827. The Morgan fingerprint density at radius 1 is 1.70 bits per heavy atom. The van der Waals surface area contributed by atoms with Crippen molar-refractivity contribution < 1.29 is 4.42 Å². The van der Waals surface area contributed by atoms with Crippen molar-refractivity contribution in [1.82, 2.24) is 4.98 Å². The molecule has 0 radical (unpaired) electrons. The summed E-state index contributed by atoms with van der Waals surface area (Å²) in [5, 5.41) is 0. The SMILES string of the molecule is CCCC=Cc1cnco1. The lowest BCUT2D eigenvalue weighted by molar-refractivity contribution is 0.548. The molecule has 0 saturated heterocycles. The first-order valence-corrected chi connectivity index (χ1v) is 3.48. The van der Waals surface area contributed by atoms with Crippen LogP contribution in [0.5, 0.6) is 0 Å². The lowest BCUT2D eigenvalue weighted by Gasteiger charge is -1.81. The van der Waals surface area contributed by atoms with Crippen molar-refractivity contribution in [2.24, 2.45) is 0 Å². The summed E-state index contributed by atoms with van der Waals surface area (Å²) >= 11 is 0. The monoisotopic (exact) mass is 137 g/mol. The van der Waals surface area contributed by atoms with Gasteiger partial charge in [0.15, 0.2) is 6.39 Å². The second-order valence-electron chi connectivity index (χ2n) is 2.09. The van der Waals surface area contributed by atoms with Crippen LogP contribution in [0.4, 0.5) is 0 Å². The molecule has 0 fully saturated rings. The van der Waals surface area contributed by atoms with E-state index in [-0.39, 0.29) is 0 Å². The Morgan fingerprint density at radius 2 is 2.60 bits per heavy atom. The van der Waals surface area contributed by atoms with Crippen molar-refractivity contribution in [3.05, 3.63) is 24.4 Å². The van der Waals surface area contributed by atoms with E-state index < -0.39 is 0 Å². The molecule has 2 nitrogen and oxygen atoms in total. The molecular formula is C8H11NO. The lowest BCUT2D eigenvalue weighted by atomic mass is 10.3. The van der Waals surface area contributed by atoms with Crippen LogP contribution >= 0.6 is 0 Å². The van der Waals surface area contributed by atoms with Gasteiger partial charge >= 0.3 is 0 Å². The molecule has 0 aromatic carbocycles. The molecule has 0 amide bonds. The number of allylic oxidation sites excluding steroid dienone is 1. The maximum Gasteiger partial charge on any atom is 0.181 e. The Morgan fingerprint density at radius 3 is 3.20 bits per heavy atom. The van der Waals surface area contributed by atoms with Gasteiger partial charge in [0, 0.05) is 0 Å². The van der Waals surface area contributed by atoms with E-state index in [1.807, 2.05) is 6.08 Å². The average Bonchev–Trinajstić information content (AvgIpc) is 2.41. The van der Waals surface area contributed by atoms with Crippen molar-refractivity contribution in [2.45, 2.75) is 19.8 Å². The maximum absolute atomic E-state index is 4.98. The molecule has 0 aliphatic heterocycles. The zero-order chi connectivity index (χ0) is 7.23. The molecule has 0 saturated carbocycles. The molecule has 1 aromatic rings. The summed E-state index contributed by atoms with van der Waals surface area (Å²) in [6.45, 7) is 2.14. The van der Waals surface area contributed by atoms with Gasteiger partial charge in [0.2, 0.25) is 0 Å². The molecule has 0 N–H and O–H groups in total. The first-order valence-electron chi connectivity index (χ1n) is 3.48. The van der Waals surface area contributed by atoms with Crippen LogP contribution in [0.3, 0.4) is 0 Å². The van der Waals surface area contributed by atoms with Crippen LogP contribution in [-0.4, -0.2) is 4.98 Å². The van der Waals surface area contributed by atoms with E-state index in [4.69, 9.17) is 4.42 Å². The van der Waals surface area contributed by atoms with E-state index in [0.29, 0.717) is 0 Å². The highest BCUT2D eigenvalue weighted by molar-refractivity contribution is 5.40. The third-order valence-corrected chi connectivity index (χ3v) is 1.19. The highest BCUT2D eigenvalue weighted by atomic mass is 16.3. The normalized spacial score (nSPS) is 10.9. The van der Waals surface area contributed by atoms with Gasteiger partial charge in [0.05, 0.1) is 6.20 Å². The Labute approximate surface area is 60.6 Å². The number of rotatable bonds is 3. The van der Waals surface area contributed by atoms with Crippen LogP contribution in [-0.2, 0) is 0 Å². The average molecular weight is 137 g/mol. The smallest absolute Gasteiger partial charge is 0.181 e. The van der Waals surface area contributed by atoms with Crippen molar-refractivity contribution in [1.29, 1.82) is 0 Å². The molecular weight excluding hydrogens is 126 g/mol. The molecule has 54 valence electrons. The molecule has 10 heavy (non-hydrogen) atoms. The van der Waals surface area contributed by atoms with Gasteiger partial charge in [0.25, 0.3) is 0 Å². The van der Waals surface area contributed by atoms with Gasteiger partial charge in [-0.05, 0) is 12.5 Å². The van der Waals surface area contributed by atoms with Gasteiger partial charge in [-0.2, -0.15) is 0 Å². The lowest BCUT2D eigenvalue weighted by Crippen LogP contribution is -1.62. The van der Waals surface area contributed by atoms with E-state index in [9.17, 15) is 0 Å². The summed E-state index contributed by atoms with van der Waals surface area (Å²) in [5.41, 5.74) is 0. The molecule has 0 bridgehead atoms. The van der Waals surface area contributed by atoms with E-state index in [1.165, 1.54) is 12.8 Å². The number of hydrogen-bond acceptors (Lipinski definition) is 2. The molecule has 2 heteroatoms. The Hall–Kier alpha value is -1.05. The molecule has 0 aliphatic carbocycles.